The zero-order chi connectivity index (χ0) is 21.1. The number of amides is 1. The second-order valence-electron chi connectivity index (χ2n) is 10.1. The van der Waals surface area contributed by atoms with Crippen molar-refractivity contribution in [3.63, 3.8) is 0 Å². The van der Waals surface area contributed by atoms with Gasteiger partial charge in [0.05, 0.1) is 11.5 Å². The summed E-state index contributed by atoms with van der Waals surface area (Å²) in [6.07, 6.45) is 7.03. The highest BCUT2D eigenvalue weighted by molar-refractivity contribution is 5.79. The van der Waals surface area contributed by atoms with E-state index in [0.29, 0.717) is 18.6 Å². The Hall–Kier alpha value is -1.43. The predicted molar refractivity (Wildman–Crippen MR) is 121 cm³/mol. The molecule has 1 aromatic carbocycles. The molecule has 0 saturated carbocycles. The van der Waals surface area contributed by atoms with Gasteiger partial charge in [0.2, 0.25) is 5.91 Å². The predicted octanol–water partition coefficient (Wildman–Crippen LogP) is 2.87. The number of nitrogens with one attached hydrogen (secondary N) is 1. The van der Waals surface area contributed by atoms with Gasteiger partial charge in [-0.15, -0.1) is 0 Å². The molecule has 1 aliphatic carbocycles. The van der Waals surface area contributed by atoms with Gasteiger partial charge in [0, 0.05) is 32.3 Å². The minimum atomic E-state index is -0.309. The maximum absolute atomic E-state index is 12.7. The van der Waals surface area contributed by atoms with E-state index >= 15 is 0 Å². The Labute approximate surface area is 182 Å². The number of fused-ring (bicyclic) bond motifs is 1. The number of rotatable bonds is 6. The van der Waals surface area contributed by atoms with Crippen LogP contribution in [0.5, 0.6) is 0 Å². The lowest BCUT2D eigenvalue weighted by molar-refractivity contribution is -0.128. The lowest BCUT2D eigenvalue weighted by Crippen LogP contribution is -2.53. The topological polar surface area (TPSA) is 44.8 Å². The molecule has 1 atom stereocenters. The Morgan fingerprint density at radius 3 is 2.33 bits per heavy atom. The highest BCUT2D eigenvalue weighted by Gasteiger charge is 2.34. The quantitative estimate of drug-likeness (QED) is 0.779. The van der Waals surface area contributed by atoms with Gasteiger partial charge in [0.1, 0.15) is 0 Å². The van der Waals surface area contributed by atoms with E-state index in [1.807, 2.05) is 13.8 Å². The first-order valence-corrected chi connectivity index (χ1v) is 11.8. The molecule has 4 rings (SSSR count). The summed E-state index contributed by atoms with van der Waals surface area (Å²) >= 11 is 0. The van der Waals surface area contributed by atoms with Crippen molar-refractivity contribution in [3.05, 3.63) is 35.4 Å². The van der Waals surface area contributed by atoms with Crippen molar-refractivity contribution in [3.8, 4) is 0 Å². The van der Waals surface area contributed by atoms with Crippen LogP contribution in [0.1, 0.15) is 50.7 Å². The monoisotopic (exact) mass is 413 g/mol. The molecule has 5 nitrogen and oxygen atoms in total. The Kier molecular flexibility index (Phi) is 6.81. The molecule has 0 radical (unpaired) electrons. The number of likely N-dealkylation sites (tertiary alicyclic amines) is 2. The standard InChI is InChI=1S/C25H39N3O2/c1-25(2,30-3)18-26-24(29)21-9-6-12-28(17-21)22-10-13-27(14-11-22)23-15-19-7-4-5-8-20(19)16-23/h4-5,7-8,21-23H,6,9-18H2,1-3H3,(H,26,29)/t21-/m0/s1. The van der Waals surface area contributed by atoms with Crippen LogP contribution in [0.4, 0.5) is 0 Å². The Bertz CT molecular complexity index is 702. The van der Waals surface area contributed by atoms with Crippen LogP contribution in [0, 0.1) is 5.92 Å². The molecule has 2 heterocycles. The van der Waals surface area contributed by atoms with Crippen LogP contribution in [0.2, 0.25) is 0 Å². The van der Waals surface area contributed by atoms with E-state index in [1.54, 1.807) is 18.2 Å². The van der Waals surface area contributed by atoms with Gasteiger partial charge in [0.15, 0.2) is 0 Å². The second-order valence-corrected chi connectivity index (χ2v) is 10.1. The molecule has 2 aliphatic heterocycles. The maximum atomic E-state index is 12.7. The van der Waals surface area contributed by atoms with E-state index in [2.05, 4.69) is 39.4 Å². The Morgan fingerprint density at radius 2 is 1.70 bits per heavy atom. The fourth-order valence-corrected chi connectivity index (χ4v) is 5.48. The highest BCUT2D eigenvalue weighted by Crippen LogP contribution is 2.29. The Morgan fingerprint density at radius 1 is 1.03 bits per heavy atom. The van der Waals surface area contributed by atoms with E-state index in [9.17, 15) is 4.79 Å². The van der Waals surface area contributed by atoms with Gasteiger partial charge >= 0.3 is 0 Å². The highest BCUT2D eigenvalue weighted by atomic mass is 16.5. The summed E-state index contributed by atoms with van der Waals surface area (Å²) in [6, 6.07) is 10.3. The first-order valence-electron chi connectivity index (χ1n) is 11.8. The van der Waals surface area contributed by atoms with Crippen molar-refractivity contribution in [1.82, 2.24) is 15.1 Å². The van der Waals surface area contributed by atoms with Crippen molar-refractivity contribution < 1.29 is 9.53 Å². The molecule has 3 aliphatic rings. The molecule has 0 aromatic heterocycles. The zero-order valence-corrected chi connectivity index (χ0v) is 19.0. The fourth-order valence-electron chi connectivity index (χ4n) is 5.48. The summed E-state index contributed by atoms with van der Waals surface area (Å²) in [6.45, 7) is 9.04. The number of hydrogen-bond donors (Lipinski definition) is 1. The first kappa shape index (κ1) is 21.8. The molecule has 30 heavy (non-hydrogen) atoms. The molecular weight excluding hydrogens is 374 g/mol. The number of carbonyl (C=O) groups excluding carboxylic acids is 1. The van der Waals surface area contributed by atoms with Crippen LogP contribution < -0.4 is 5.32 Å². The molecule has 1 N–H and O–H groups in total. The summed E-state index contributed by atoms with van der Waals surface area (Å²) in [4.78, 5) is 18.0. The average Bonchev–Trinajstić information content (AvgIpc) is 3.22. The normalized spacial score (nSPS) is 24.7. The van der Waals surface area contributed by atoms with Gasteiger partial charge < -0.3 is 10.1 Å². The van der Waals surface area contributed by atoms with E-state index in [0.717, 1.165) is 25.9 Å². The molecule has 1 amide bonds. The van der Waals surface area contributed by atoms with E-state index < -0.39 is 0 Å². The smallest absolute Gasteiger partial charge is 0.224 e. The van der Waals surface area contributed by atoms with Crippen molar-refractivity contribution in [2.75, 3.05) is 39.8 Å². The molecular formula is C25H39N3O2. The number of piperidine rings is 2. The van der Waals surface area contributed by atoms with Gasteiger partial charge in [-0.1, -0.05) is 24.3 Å². The maximum Gasteiger partial charge on any atom is 0.224 e. The second kappa shape index (κ2) is 9.37. The summed E-state index contributed by atoms with van der Waals surface area (Å²) in [5.74, 6) is 0.319. The van der Waals surface area contributed by atoms with Crippen molar-refractivity contribution in [2.24, 2.45) is 5.92 Å². The van der Waals surface area contributed by atoms with E-state index in [4.69, 9.17) is 4.74 Å². The summed E-state index contributed by atoms with van der Waals surface area (Å²) in [5, 5.41) is 3.12. The van der Waals surface area contributed by atoms with Crippen LogP contribution in [0.15, 0.2) is 24.3 Å². The van der Waals surface area contributed by atoms with E-state index in [1.165, 1.54) is 38.8 Å². The van der Waals surface area contributed by atoms with Crippen molar-refractivity contribution in [1.29, 1.82) is 0 Å². The summed E-state index contributed by atoms with van der Waals surface area (Å²) in [7, 11) is 1.70. The number of ether oxygens (including phenoxy) is 1. The molecule has 0 spiro atoms. The number of benzene rings is 1. The minimum Gasteiger partial charge on any atom is -0.377 e. The lowest BCUT2D eigenvalue weighted by Gasteiger charge is -2.43. The molecule has 0 unspecified atom stereocenters. The van der Waals surface area contributed by atoms with Gasteiger partial charge in [-0.05, 0) is 83.1 Å². The fraction of sp³-hybridized carbons (Fsp3) is 0.720. The van der Waals surface area contributed by atoms with Crippen LogP contribution >= 0.6 is 0 Å². The lowest BCUT2D eigenvalue weighted by atomic mass is 9.92. The SMILES string of the molecule is COC(C)(C)CNC(=O)[C@H]1CCCN(C2CCN(C3Cc4ccccc4C3)CC2)C1. The van der Waals surface area contributed by atoms with Gasteiger partial charge in [-0.25, -0.2) is 0 Å². The molecule has 0 bridgehead atoms. The van der Waals surface area contributed by atoms with E-state index in [-0.39, 0.29) is 17.4 Å². The average molecular weight is 414 g/mol. The number of carbonyl (C=O) groups is 1. The number of hydrogen-bond acceptors (Lipinski definition) is 4. The van der Waals surface area contributed by atoms with Crippen LogP contribution in [0.25, 0.3) is 0 Å². The van der Waals surface area contributed by atoms with Crippen molar-refractivity contribution >= 4 is 5.91 Å². The van der Waals surface area contributed by atoms with Crippen molar-refractivity contribution in [2.45, 2.75) is 70.1 Å². The van der Waals surface area contributed by atoms with Crippen LogP contribution in [-0.4, -0.2) is 73.2 Å². The van der Waals surface area contributed by atoms with Crippen LogP contribution in [0.3, 0.4) is 0 Å². The number of methoxy groups -OCH3 is 1. The van der Waals surface area contributed by atoms with Gasteiger partial charge in [-0.3, -0.25) is 14.6 Å². The Balaban J connectivity index is 1.24. The van der Waals surface area contributed by atoms with Gasteiger partial charge in [0.25, 0.3) is 0 Å². The molecule has 2 saturated heterocycles. The molecule has 1 aromatic rings. The van der Waals surface area contributed by atoms with Crippen LogP contribution in [-0.2, 0) is 22.4 Å². The third-order valence-electron chi connectivity index (χ3n) is 7.63. The summed E-state index contributed by atoms with van der Waals surface area (Å²) in [5.41, 5.74) is 2.79. The van der Waals surface area contributed by atoms with Gasteiger partial charge in [-0.2, -0.15) is 0 Å². The third-order valence-corrected chi connectivity index (χ3v) is 7.63. The molecule has 166 valence electrons. The number of nitrogens with zero attached hydrogens (tertiary/aromatic N) is 2. The third kappa shape index (κ3) is 5.06. The largest absolute Gasteiger partial charge is 0.377 e. The summed E-state index contributed by atoms with van der Waals surface area (Å²) < 4.78 is 5.43. The zero-order valence-electron chi connectivity index (χ0n) is 19.0. The minimum absolute atomic E-state index is 0.119. The molecule has 2 fully saturated rings. The first-order chi connectivity index (χ1) is 14.4. The molecule has 5 heteroatoms.